The van der Waals surface area contributed by atoms with Crippen molar-refractivity contribution in [2.75, 3.05) is 34.4 Å². The van der Waals surface area contributed by atoms with Gasteiger partial charge >= 0.3 is 0 Å². The molecule has 162 valence electrons. The number of nitrogens with zero attached hydrogens (tertiary/aromatic N) is 1. The van der Waals surface area contributed by atoms with E-state index >= 15 is 0 Å². The van der Waals surface area contributed by atoms with Crippen LogP contribution in [0.2, 0.25) is 0 Å². The zero-order valence-corrected chi connectivity index (χ0v) is 17.9. The molecule has 1 amide bonds. The zero-order valence-electron chi connectivity index (χ0n) is 17.1. The average molecular weight is 437 g/mol. The van der Waals surface area contributed by atoms with Crippen molar-refractivity contribution in [2.45, 2.75) is 23.0 Å². The lowest BCUT2D eigenvalue weighted by molar-refractivity contribution is -0.134. The standard InChI is InChI=1S/C21H24FNO6S/c1-27-18-10-4-14(20(28-2)21(18)29-3)5-11-19(24)23-12-17(13-23)30(25,26)16-8-6-15(22)7-9-16/h4,6-10,17H,5,11-13H2,1-3H3. The molecule has 0 spiro atoms. The number of sulfone groups is 1. The number of likely N-dealkylation sites (tertiary alicyclic amines) is 1. The van der Waals surface area contributed by atoms with Crippen LogP contribution in [0, 0.1) is 5.82 Å². The molecule has 0 aliphatic carbocycles. The number of hydrogen-bond donors (Lipinski definition) is 0. The Morgan fingerprint density at radius 2 is 1.63 bits per heavy atom. The van der Waals surface area contributed by atoms with Gasteiger partial charge in [-0.05, 0) is 42.3 Å². The summed E-state index contributed by atoms with van der Waals surface area (Å²) < 4.78 is 54.2. The van der Waals surface area contributed by atoms with Crippen LogP contribution in [0.15, 0.2) is 41.3 Å². The van der Waals surface area contributed by atoms with E-state index < -0.39 is 20.9 Å². The van der Waals surface area contributed by atoms with Crippen molar-refractivity contribution in [1.29, 1.82) is 0 Å². The van der Waals surface area contributed by atoms with Crippen LogP contribution in [0.25, 0.3) is 0 Å². The molecule has 0 bridgehead atoms. The highest BCUT2D eigenvalue weighted by Gasteiger charge is 2.40. The van der Waals surface area contributed by atoms with Gasteiger partial charge in [0.15, 0.2) is 21.3 Å². The third-order valence-electron chi connectivity index (χ3n) is 5.18. The molecule has 0 radical (unpaired) electrons. The number of benzene rings is 2. The van der Waals surface area contributed by atoms with Crippen LogP contribution in [0.1, 0.15) is 12.0 Å². The molecular weight excluding hydrogens is 413 g/mol. The summed E-state index contributed by atoms with van der Waals surface area (Å²) in [6.07, 6.45) is 0.614. The topological polar surface area (TPSA) is 82.1 Å². The Bertz CT molecular complexity index is 1020. The van der Waals surface area contributed by atoms with E-state index in [1.165, 1.54) is 38.4 Å². The lowest BCUT2D eigenvalue weighted by Crippen LogP contribution is -2.56. The van der Waals surface area contributed by atoms with Crippen molar-refractivity contribution in [2.24, 2.45) is 0 Å². The van der Waals surface area contributed by atoms with E-state index in [4.69, 9.17) is 14.2 Å². The Hall–Kier alpha value is -2.81. The summed E-state index contributed by atoms with van der Waals surface area (Å²) in [5.41, 5.74) is 0.791. The Morgan fingerprint density at radius 3 is 2.20 bits per heavy atom. The van der Waals surface area contributed by atoms with Crippen molar-refractivity contribution in [3.63, 3.8) is 0 Å². The van der Waals surface area contributed by atoms with Gasteiger partial charge in [-0.2, -0.15) is 0 Å². The first-order valence-electron chi connectivity index (χ1n) is 9.37. The predicted octanol–water partition coefficient (Wildman–Crippen LogP) is 2.47. The van der Waals surface area contributed by atoms with Gasteiger partial charge in [-0.3, -0.25) is 4.79 Å². The molecule has 9 heteroatoms. The lowest BCUT2D eigenvalue weighted by Gasteiger charge is -2.38. The van der Waals surface area contributed by atoms with Crippen LogP contribution in [0.5, 0.6) is 17.2 Å². The summed E-state index contributed by atoms with van der Waals surface area (Å²) in [6, 6.07) is 8.29. The molecule has 1 aliphatic rings. The first kappa shape index (κ1) is 21.9. The van der Waals surface area contributed by atoms with E-state index in [0.29, 0.717) is 23.7 Å². The smallest absolute Gasteiger partial charge is 0.222 e. The Morgan fingerprint density at radius 1 is 1.00 bits per heavy atom. The second-order valence-electron chi connectivity index (χ2n) is 6.91. The minimum absolute atomic E-state index is 0.0658. The quantitative estimate of drug-likeness (QED) is 0.590. The first-order chi connectivity index (χ1) is 14.3. The Labute approximate surface area is 175 Å². The molecule has 7 nitrogen and oxygen atoms in total. The number of carbonyl (C=O) groups excluding carboxylic acids is 1. The number of aryl methyl sites for hydroxylation is 1. The maximum atomic E-state index is 13.0. The highest BCUT2D eigenvalue weighted by Crippen LogP contribution is 2.40. The summed E-state index contributed by atoms with van der Waals surface area (Å²) in [6.45, 7) is 0.253. The van der Waals surface area contributed by atoms with Gasteiger partial charge in [0.1, 0.15) is 11.1 Å². The van der Waals surface area contributed by atoms with Gasteiger partial charge in [-0.15, -0.1) is 0 Å². The fourth-order valence-corrected chi connectivity index (χ4v) is 5.07. The highest BCUT2D eigenvalue weighted by molar-refractivity contribution is 7.92. The third-order valence-corrected chi connectivity index (χ3v) is 7.28. The van der Waals surface area contributed by atoms with Gasteiger partial charge in [-0.25, -0.2) is 12.8 Å². The number of rotatable bonds is 8. The Kier molecular flexibility index (Phi) is 6.50. The molecule has 30 heavy (non-hydrogen) atoms. The predicted molar refractivity (Wildman–Crippen MR) is 108 cm³/mol. The second-order valence-corrected chi connectivity index (χ2v) is 9.14. The molecule has 0 unspecified atom stereocenters. The summed E-state index contributed by atoms with van der Waals surface area (Å²) in [5, 5.41) is -0.678. The average Bonchev–Trinajstić information content (AvgIpc) is 2.70. The number of halogens is 1. The van der Waals surface area contributed by atoms with Crippen LogP contribution in [0.3, 0.4) is 0 Å². The number of methoxy groups -OCH3 is 3. The molecule has 0 atom stereocenters. The fraction of sp³-hybridized carbons (Fsp3) is 0.381. The highest BCUT2D eigenvalue weighted by atomic mass is 32.2. The van der Waals surface area contributed by atoms with Gasteiger partial charge < -0.3 is 19.1 Å². The van der Waals surface area contributed by atoms with Gasteiger partial charge in [0.25, 0.3) is 0 Å². The van der Waals surface area contributed by atoms with Crippen LogP contribution < -0.4 is 14.2 Å². The van der Waals surface area contributed by atoms with Gasteiger partial charge in [-0.1, -0.05) is 6.07 Å². The monoisotopic (exact) mass is 437 g/mol. The van der Waals surface area contributed by atoms with Crippen LogP contribution in [0.4, 0.5) is 4.39 Å². The van der Waals surface area contributed by atoms with E-state index in [1.54, 1.807) is 6.07 Å². The molecule has 3 rings (SSSR count). The molecular formula is C21H24FNO6S. The summed E-state index contributed by atoms with van der Waals surface area (Å²) in [4.78, 5) is 14.1. The SMILES string of the molecule is COc1ccc(CCC(=O)N2CC(S(=O)(=O)c3ccc(F)cc3)C2)c(OC)c1OC. The molecule has 0 aromatic heterocycles. The number of carbonyl (C=O) groups is 1. The summed E-state index contributed by atoms with van der Waals surface area (Å²) in [5.74, 6) is 0.854. The number of hydrogen-bond acceptors (Lipinski definition) is 6. The van der Waals surface area contributed by atoms with E-state index in [2.05, 4.69) is 0 Å². The van der Waals surface area contributed by atoms with Gasteiger partial charge in [0.05, 0.1) is 26.2 Å². The van der Waals surface area contributed by atoms with Crippen LogP contribution >= 0.6 is 0 Å². The molecule has 2 aromatic carbocycles. The van der Waals surface area contributed by atoms with Crippen molar-refractivity contribution in [3.8, 4) is 17.2 Å². The number of amides is 1. The van der Waals surface area contributed by atoms with E-state index in [-0.39, 0.29) is 30.3 Å². The largest absolute Gasteiger partial charge is 0.493 e. The van der Waals surface area contributed by atoms with Crippen molar-refractivity contribution in [3.05, 3.63) is 47.8 Å². The van der Waals surface area contributed by atoms with E-state index in [0.717, 1.165) is 17.7 Å². The van der Waals surface area contributed by atoms with Crippen molar-refractivity contribution >= 4 is 15.7 Å². The van der Waals surface area contributed by atoms with E-state index in [9.17, 15) is 17.6 Å². The number of ether oxygens (including phenoxy) is 3. The third kappa shape index (κ3) is 4.21. The maximum Gasteiger partial charge on any atom is 0.222 e. The van der Waals surface area contributed by atoms with Gasteiger partial charge in [0, 0.05) is 19.5 Å². The molecule has 1 saturated heterocycles. The molecule has 0 N–H and O–H groups in total. The van der Waals surface area contributed by atoms with E-state index in [1.807, 2.05) is 6.07 Å². The summed E-state index contributed by atoms with van der Waals surface area (Å²) in [7, 11) is 0.965. The van der Waals surface area contributed by atoms with Crippen LogP contribution in [-0.4, -0.2) is 58.9 Å². The lowest BCUT2D eigenvalue weighted by atomic mass is 10.1. The van der Waals surface area contributed by atoms with Crippen LogP contribution in [-0.2, 0) is 21.1 Å². The second kappa shape index (κ2) is 8.91. The molecule has 1 heterocycles. The minimum atomic E-state index is -3.59. The van der Waals surface area contributed by atoms with Crippen molar-refractivity contribution < 1.29 is 31.8 Å². The van der Waals surface area contributed by atoms with Gasteiger partial charge in [0.2, 0.25) is 11.7 Å². The molecule has 1 aliphatic heterocycles. The first-order valence-corrected chi connectivity index (χ1v) is 10.9. The fourth-order valence-electron chi connectivity index (χ4n) is 3.41. The molecule has 1 fully saturated rings. The Balaban J connectivity index is 1.61. The zero-order chi connectivity index (χ0) is 21.9. The normalized spacial score (nSPS) is 14.2. The minimum Gasteiger partial charge on any atom is -0.493 e. The molecule has 0 saturated carbocycles. The molecule has 2 aromatic rings. The van der Waals surface area contributed by atoms with Crippen molar-refractivity contribution in [1.82, 2.24) is 4.90 Å². The summed E-state index contributed by atoms with van der Waals surface area (Å²) >= 11 is 0. The maximum absolute atomic E-state index is 13.0.